The van der Waals surface area contributed by atoms with Crippen molar-refractivity contribution in [3.63, 3.8) is 0 Å². The lowest BCUT2D eigenvalue weighted by Gasteiger charge is -2.05. The van der Waals surface area contributed by atoms with Gasteiger partial charge in [-0.2, -0.15) is 5.10 Å². The first-order valence-corrected chi connectivity index (χ1v) is 6.48. The molecular weight excluding hydrogens is 272 g/mol. The van der Waals surface area contributed by atoms with Gasteiger partial charge in [-0.25, -0.2) is 0 Å². The Morgan fingerprint density at radius 2 is 2.24 bits per heavy atom. The molecule has 1 aromatic carbocycles. The number of nitrogens with one attached hydrogen (secondary N) is 1. The number of rotatable bonds is 5. The van der Waals surface area contributed by atoms with Crippen molar-refractivity contribution in [2.24, 2.45) is 7.05 Å². The van der Waals surface area contributed by atoms with Gasteiger partial charge in [0.25, 0.3) is 11.6 Å². The summed E-state index contributed by atoms with van der Waals surface area (Å²) < 4.78 is 1.69. The first-order chi connectivity index (χ1) is 9.97. The van der Waals surface area contributed by atoms with E-state index in [0.717, 1.165) is 5.56 Å². The molecule has 0 unspecified atom stereocenters. The highest BCUT2D eigenvalue weighted by Gasteiger charge is 2.14. The van der Waals surface area contributed by atoms with Crippen molar-refractivity contribution < 1.29 is 9.72 Å². The Morgan fingerprint density at radius 1 is 1.48 bits per heavy atom. The van der Waals surface area contributed by atoms with E-state index in [0.29, 0.717) is 24.1 Å². The number of amides is 1. The Bertz CT molecular complexity index is 679. The van der Waals surface area contributed by atoms with Crippen LogP contribution in [0.5, 0.6) is 0 Å². The van der Waals surface area contributed by atoms with Gasteiger partial charge < -0.3 is 5.32 Å². The van der Waals surface area contributed by atoms with Crippen LogP contribution in [0.4, 0.5) is 5.69 Å². The molecule has 1 heterocycles. The molecule has 2 rings (SSSR count). The van der Waals surface area contributed by atoms with Crippen LogP contribution in [-0.2, 0) is 13.5 Å². The minimum absolute atomic E-state index is 0.0464. The molecular formula is C14H16N4O3. The van der Waals surface area contributed by atoms with Crippen molar-refractivity contribution >= 4 is 11.6 Å². The summed E-state index contributed by atoms with van der Waals surface area (Å²) in [6, 6.07) is 4.46. The number of nitro benzene ring substituents is 1. The maximum Gasteiger partial charge on any atom is 0.273 e. The van der Waals surface area contributed by atoms with Crippen LogP contribution in [0.1, 0.15) is 21.5 Å². The standard InChI is InChI=1S/C14H16N4O3/c1-10-3-4-12(7-13(10)18(20)21)14(19)15-6-5-11-8-16-17(2)9-11/h3-4,7-9H,5-6H2,1-2H3,(H,15,19). The molecule has 7 heteroatoms. The summed E-state index contributed by atoms with van der Waals surface area (Å²) in [7, 11) is 1.83. The largest absolute Gasteiger partial charge is 0.352 e. The average Bonchev–Trinajstić information content (AvgIpc) is 2.84. The molecule has 21 heavy (non-hydrogen) atoms. The van der Waals surface area contributed by atoms with E-state index >= 15 is 0 Å². The van der Waals surface area contributed by atoms with E-state index in [2.05, 4.69) is 10.4 Å². The third-order valence-corrected chi connectivity index (χ3v) is 3.13. The summed E-state index contributed by atoms with van der Waals surface area (Å²) in [6.45, 7) is 2.09. The topological polar surface area (TPSA) is 90.1 Å². The molecule has 1 N–H and O–H groups in total. The SMILES string of the molecule is Cc1ccc(C(=O)NCCc2cnn(C)c2)cc1[N+](=O)[O-]. The van der Waals surface area contributed by atoms with Crippen LogP contribution in [0.2, 0.25) is 0 Å². The number of hydrogen-bond donors (Lipinski definition) is 1. The monoisotopic (exact) mass is 288 g/mol. The Labute approximate surface area is 121 Å². The van der Waals surface area contributed by atoms with E-state index in [4.69, 9.17) is 0 Å². The van der Waals surface area contributed by atoms with E-state index in [9.17, 15) is 14.9 Å². The van der Waals surface area contributed by atoms with E-state index in [1.54, 1.807) is 29.9 Å². The molecule has 0 aliphatic heterocycles. The van der Waals surface area contributed by atoms with Crippen LogP contribution in [0.25, 0.3) is 0 Å². The molecule has 0 saturated heterocycles. The summed E-state index contributed by atoms with van der Waals surface area (Å²) in [5, 5.41) is 17.6. The van der Waals surface area contributed by atoms with Crippen LogP contribution < -0.4 is 5.32 Å². The third-order valence-electron chi connectivity index (χ3n) is 3.13. The highest BCUT2D eigenvalue weighted by molar-refractivity contribution is 5.94. The highest BCUT2D eigenvalue weighted by atomic mass is 16.6. The van der Waals surface area contributed by atoms with Crippen molar-refractivity contribution in [2.45, 2.75) is 13.3 Å². The van der Waals surface area contributed by atoms with Crippen LogP contribution in [0.3, 0.4) is 0 Å². The molecule has 0 aliphatic carbocycles. The van der Waals surface area contributed by atoms with Crippen LogP contribution >= 0.6 is 0 Å². The summed E-state index contributed by atoms with van der Waals surface area (Å²) in [6.07, 6.45) is 4.28. The number of benzene rings is 1. The number of nitro groups is 1. The maximum absolute atomic E-state index is 12.0. The van der Waals surface area contributed by atoms with Gasteiger partial charge in [-0.3, -0.25) is 19.6 Å². The van der Waals surface area contributed by atoms with E-state index in [1.165, 1.54) is 6.07 Å². The Balaban J connectivity index is 1.97. The zero-order valence-electron chi connectivity index (χ0n) is 11.9. The minimum Gasteiger partial charge on any atom is -0.352 e. The van der Waals surface area contributed by atoms with E-state index in [-0.39, 0.29) is 11.6 Å². The zero-order valence-corrected chi connectivity index (χ0v) is 11.9. The Morgan fingerprint density at radius 3 is 2.86 bits per heavy atom. The fourth-order valence-electron chi connectivity index (χ4n) is 1.97. The van der Waals surface area contributed by atoms with Gasteiger partial charge in [0, 0.05) is 37.0 Å². The van der Waals surface area contributed by atoms with Crippen molar-refractivity contribution in [2.75, 3.05) is 6.54 Å². The van der Waals surface area contributed by atoms with Crippen LogP contribution in [0.15, 0.2) is 30.6 Å². The molecule has 0 fully saturated rings. The second-order valence-electron chi connectivity index (χ2n) is 4.79. The molecule has 0 spiro atoms. The normalized spacial score (nSPS) is 10.4. The number of hydrogen-bond acceptors (Lipinski definition) is 4. The quantitative estimate of drug-likeness (QED) is 0.668. The van der Waals surface area contributed by atoms with Gasteiger partial charge in [-0.15, -0.1) is 0 Å². The van der Waals surface area contributed by atoms with Crippen molar-refractivity contribution in [3.05, 3.63) is 57.4 Å². The first kappa shape index (κ1) is 14.7. The third kappa shape index (κ3) is 3.65. The summed E-state index contributed by atoms with van der Waals surface area (Å²) in [4.78, 5) is 22.3. The smallest absolute Gasteiger partial charge is 0.273 e. The Hall–Kier alpha value is -2.70. The van der Waals surface area contributed by atoms with Crippen molar-refractivity contribution in [1.82, 2.24) is 15.1 Å². The molecule has 0 aliphatic rings. The van der Waals surface area contributed by atoms with Gasteiger partial charge in [-0.05, 0) is 25.0 Å². The molecule has 1 aromatic heterocycles. The van der Waals surface area contributed by atoms with Gasteiger partial charge in [-0.1, -0.05) is 6.07 Å². The van der Waals surface area contributed by atoms with Crippen molar-refractivity contribution in [1.29, 1.82) is 0 Å². The lowest BCUT2D eigenvalue weighted by atomic mass is 10.1. The van der Waals surface area contributed by atoms with Crippen LogP contribution in [-0.4, -0.2) is 27.2 Å². The van der Waals surface area contributed by atoms with Gasteiger partial charge >= 0.3 is 0 Å². The average molecular weight is 288 g/mol. The number of aryl methyl sites for hydroxylation is 2. The summed E-state index contributed by atoms with van der Waals surface area (Å²) >= 11 is 0. The molecule has 0 atom stereocenters. The molecule has 0 radical (unpaired) electrons. The number of carbonyl (C=O) groups excluding carboxylic acids is 1. The number of aromatic nitrogens is 2. The molecule has 1 amide bonds. The van der Waals surface area contributed by atoms with E-state index in [1.807, 2.05) is 13.2 Å². The predicted octanol–water partition coefficient (Wildman–Crippen LogP) is 1.61. The maximum atomic E-state index is 12.0. The molecule has 7 nitrogen and oxygen atoms in total. The van der Waals surface area contributed by atoms with Crippen molar-refractivity contribution in [3.8, 4) is 0 Å². The zero-order chi connectivity index (χ0) is 15.4. The van der Waals surface area contributed by atoms with E-state index < -0.39 is 4.92 Å². The summed E-state index contributed by atoms with van der Waals surface area (Å²) in [5.41, 5.74) is 1.80. The lowest BCUT2D eigenvalue weighted by molar-refractivity contribution is -0.385. The highest BCUT2D eigenvalue weighted by Crippen LogP contribution is 2.19. The Kier molecular flexibility index (Phi) is 4.32. The first-order valence-electron chi connectivity index (χ1n) is 6.48. The molecule has 110 valence electrons. The molecule has 0 bridgehead atoms. The predicted molar refractivity (Wildman–Crippen MR) is 77.1 cm³/mol. The van der Waals surface area contributed by atoms with Gasteiger partial charge in [0.1, 0.15) is 0 Å². The fraction of sp³-hybridized carbons (Fsp3) is 0.286. The van der Waals surface area contributed by atoms with Gasteiger partial charge in [0.2, 0.25) is 0 Å². The van der Waals surface area contributed by atoms with Gasteiger partial charge in [0.05, 0.1) is 11.1 Å². The number of carbonyl (C=O) groups is 1. The molecule has 0 saturated carbocycles. The molecule has 2 aromatic rings. The second kappa shape index (κ2) is 6.17. The fourth-order valence-corrected chi connectivity index (χ4v) is 1.97. The number of nitrogens with zero attached hydrogens (tertiary/aromatic N) is 3. The summed E-state index contributed by atoms with van der Waals surface area (Å²) in [5.74, 6) is -0.318. The minimum atomic E-state index is -0.484. The van der Waals surface area contributed by atoms with Gasteiger partial charge in [0.15, 0.2) is 0 Å². The lowest BCUT2D eigenvalue weighted by Crippen LogP contribution is -2.25. The van der Waals surface area contributed by atoms with Crippen LogP contribution in [0, 0.1) is 17.0 Å². The second-order valence-corrected chi connectivity index (χ2v) is 4.79.